The number of esters is 1. The number of carbonyl (C=O) groups is 2. The summed E-state index contributed by atoms with van der Waals surface area (Å²) in [5.41, 5.74) is 6.94. The fourth-order valence-electron chi connectivity index (χ4n) is 1.69. The van der Waals surface area contributed by atoms with Gasteiger partial charge in [-0.05, 0) is 35.9 Å². The molecule has 0 heterocycles. The maximum atomic E-state index is 12.0. The van der Waals surface area contributed by atoms with Gasteiger partial charge in [-0.2, -0.15) is 0 Å². The Morgan fingerprint density at radius 2 is 1.86 bits per heavy atom. The SMILES string of the molecule is Nc1ccccc1C(=O)Oc1cccc(C=CC(=O)O)c1. The molecule has 0 saturated carbocycles. The minimum atomic E-state index is -1.05. The fraction of sp³-hybridized carbons (Fsp3) is 0. The van der Waals surface area contributed by atoms with Gasteiger partial charge < -0.3 is 15.6 Å². The molecule has 0 aromatic heterocycles. The van der Waals surface area contributed by atoms with E-state index in [4.69, 9.17) is 15.6 Å². The van der Waals surface area contributed by atoms with Gasteiger partial charge in [0, 0.05) is 11.8 Å². The van der Waals surface area contributed by atoms with Crippen molar-refractivity contribution in [3.05, 3.63) is 65.7 Å². The number of carbonyl (C=O) groups excluding carboxylic acids is 1. The van der Waals surface area contributed by atoms with Crippen molar-refractivity contribution in [2.75, 3.05) is 5.73 Å². The molecule has 0 unspecified atom stereocenters. The smallest absolute Gasteiger partial charge is 0.345 e. The maximum Gasteiger partial charge on any atom is 0.345 e. The van der Waals surface area contributed by atoms with Crippen LogP contribution in [0.25, 0.3) is 6.08 Å². The van der Waals surface area contributed by atoms with Crippen LogP contribution in [0, 0.1) is 0 Å². The monoisotopic (exact) mass is 283 g/mol. The van der Waals surface area contributed by atoms with E-state index < -0.39 is 11.9 Å². The van der Waals surface area contributed by atoms with E-state index in [0.717, 1.165) is 6.08 Å². The maximum absolute atomic E-state index is 12.0. The van der Waals surface area contributed by atoms with Crippen molar-refractivity contribution < 1.29 is 19.4 Å². The Kier molecular flexibility index (Phi) is 4.36. The number of hydrogen-bond acceptors (Lipinski definition) is 4. The number of carboxylic acids is 1. The van der Waals surface area contributed by atoms with E-state index in [-0.39, 0.29) is 5.56 Å². The van der Waals surface area contributed by atoms with Gasteiger partial charge in [0.15, 0.2) is 0 Å². The van der Waals surface area contributed by atoms with Gasteiger partial charge in [-0.25, -0.2) is 9.59 Å². The van der Waals surface area contributed by atoms with Gasteiger partial charge in [-0.15, -0.1) is 0 Å². The molecule has 2 aromatic rings. The first-order valence-electron chi connectivity index (χ1n) is 6.14. The Labute approximate surface area is 121 Å². The topological polar surface area (TPSA) is 89.6 Å². The van der Waals surface area contributed by atoms with Crippen LogP contribution < -0.4 is 10.5 Å². The van der Waals surface area contributed by atoms with Crippen molar-refractivity contribution in [1.29, 1.82) is 0 Å². The van der Waals surface area contributed by atoms with Crippen LogP contribution in [0.2, 0.25) is 0 Å². The number of ether oxygens (including phenoxy) is 1. The lowest BCUT2D eigenvalue weighted by Crippen LogP contribution is -2.10. The van der Waals surface area contributed by atoms with Crippen LogP contribution in [0.4, 0.5) is 5.69 Å². The Morgan fingerprint density at radius 1 is 1.10 bits per heavy atom. The van der Waals surface area contributed by atoms with Crippen LogP contribution in [0.3, 0.4) is 0 Å². The largest absolute Gasteiger partial charge is 0.478 e. The molecule has 0 aliphatic heterocycles. The van der Waals surface area contributed by atoms with Crippen molar-refractivity contribution >= 4 is 23.7 Å². The third-order valence-electron chi connectivity index (χ3n) is 2.67. The summed E-state index contributed by atoms with van der Waals surface area (Å²) in [5.74, 6) is -1.29. The van der Waals surface area contributed by atoms with E-state index in [1.54, 1.807) is 48.5 Å². The number of hydrogen-bond donors (Lipinski definition) is 2. The number of nitrogen functional groups attached to an aromatic ring is 1. The zero-order chi connectivity index (χ0) is 15.2. The third kappa shape index (κ3) is 3.94. The van der Waals surface area contributed by atoms with E-state index in [1.165, 1.54) is 6.08 Å². The number of aliphatic carboxylic acids is 1. The highest BCUT2D eigenvalue weighted by molar-refractivity contribution is 5.96. The normalized spacial score (nSPS) is 10.5. The van der Waals surface area contributed by atoms with Gasteiger partial charge in [0.2, 0.25) is 0 Å². The molecule has 0 radical (unpaired) electrons. The highest BCUT2D eigenvalue weighted by Gasteiger charge is 2.11. The molecular formula is C16H13NO4. The number of para-hydroxylation sites is 1. The van der Waals surface area contributed by atoms with Gasteiger partial charge in [0.1, 0.15) is 5.75 Å². The molecule has 3 N–H and O–H groups in total. The van der Waals surface area contributed by atoms with Gasteiger partial charge in [-0.3, -0.25) is 0 Å². The molecule has 21 heavy (non-hydrogen) atoms. The molecule has 0 aliphatic carbocycles. The van der Waals surface area contributed by atoms with Crippen LogP contribution in [-0.2, 0) is 4.79 Å². The number of rotatable bonds is 4. The lowest BCUT2D eigenvalue weighted by Gasteiger charge is -2.06. The number of anilines is 1. The van der Waals surface area contributed by atoms with Crippen LogP contribution in [0.15, 0.2) is 54.6 Å². The van der Waals surface area contributed by atoms with Crippen molar-refractivity contribution in [2.45, 2.75) is 0 Å². The van der Waals surface area contributed by atoms with Crippen LogP contribution in [0.5, 0.6) is 5.75 Å². The lowest BCUT2D eigenvalue weighted by molar-refractivity contribution is -0.131. The molecule has 0 atom stereocenters. The molecule has 5 nitrogen and oxygen atoms in total. The van der Waals surface area contributed by atoms with Crippen molar-refractivity contribution in [3.63, 3.8) is 0 Å². The Morgan fingerprint density at radius 3 is 2.57 bits per heavy atom. The highest BCUT2D eigenvalue weighted by atomic mass is 16.5. The summed E-state index contributed by atoms with van der Waals surface area (Å²) < 4.78 is 5.23. The summed E-state index contributed by atoms with van der Waals surface area (Å²) >= 11 is 0. The van der Waals surface area contributed by atoms with Crippen LogP contribution >= 0.6 is 0 Å². The highest BCUT2D eigenvalue weighted by Crippen LogP contribution is 2.18. The molecule has 0 saturated heterocycles. The average Bonchev–Trinajstić information content (AvgIpc) is 2.46. The first-order chi connectivity index (χ1) is 10.1. The second-order valence-electron chi connectivity index (χ2n) is 4.22. The minimum absolute atomic E-state index is 0.281. The molecule has 0 amide bonds. The van der Waals surface area contributed by atoms with E-state index >= 15 is 0 Å². The molecule has 0 fully saturated rings. The molecule has 2 rings (SSSR count). The van der Waals surface area contributed by atoms with Crippen molar-refractivity contribution in [3.8, 4) is 5.75 Å². The lowest BCUT2D eigenvalue weighted by atomic mass is 10.2. The Balaban J connectivity index is 2.17. The summed E-state index contributed by atoms with van der Waals surface area (Å²) in [6.07, 6.45) is 2.42. The second kappa shape index (κ2) is 6.38. The first-order valence-corrected chi connectivity index (χ1v) is 6.14. The van der Waals surface area contributed by atoms with E-state index in [2.05, 4.69) is 0 Å². The second-order valence-corrected chi connectivity index (χ2v) is 4.22. The fourth-order valence-corrected chi connectivity index (χ4v) is 1.69. The van der Waals surface area contributed by atoms with Gasteiger partial charge in [0.25, 0.3) is 0 Å². The van der Waals surface area contributed by atoms with E-state index in [1.807, 2.05) is 0 Å². The van der Waals surface area contributed by atoms with Gasteiger partial charge >= 0.3 is 11.9 Å². The molecule has 0 bridgehead atoms. The van der Waals surface area contributed by atoms with Crippen LogP contribution in [-0.4, -0.2) is 17.0 Å². The molecule has 0 spiro atoms. The van der Waals surface area contributed by atoms with E-state index in [9.17, 15) is 9.59 Å². The van der Waals surface area contributed by atoms with E-state index in [0.29, 0.717) is 17.0 Å². The molecule has 5 heteroatoms. The number of benzene rings is 2. The predicted molar refractivity (Wildman–Crippen MR) is 78.9 cm³/mol. The first kappa shape index (κ1) is 14.3. The minimum Gasteiger partial charge on any atom is -0.478 e. The summed E-state index contributed by atoms with van der Waals surface area (Å²) in [5, 5.41) is 8.58. The van der Waals surface area contributed by atoms with Gasteiger partial charge in [0.05, 0.1) is 5.56 Å². The predicted octanol–water partition coefficient (Wildman–Crippen LogP) is 2.59. The van der Waals surface area contributed by atoms with Crippen molar-refractivity contribution in [1.82, 2.24) is 0 Å². The summed E-state index contributed by atoms with van der Waals surface area (Å²) in [6.45, 7) is 0. The standard InChI is InChI=1S/C16H13NO4/c17-14-7-2-1-6-13(14)16(20)21-12-5-3-4-11(10-12)8-9-15(18)19/h1-10H,17H2,(H,18,19). The third-order valence-corrected chi connectivity index (χ3v) is 2.67. The number of nitrogens with two attached hydrogens (primary N) is 1. The molecule has 2 aromatic carbocycles. The number of carboxylic acid groups (broad SMARTS) is 1. The van der Waals surface area contributed by atoms with Gasteiger partial charge in [-0.1, -0.05) is 24.3 Å². The molecule has 106 valence electrons. The molecule has 0 aliphatic rings. The van der Waals surface area contributed by atoms with Crippen molar-refractivity contribution in [2.24, 2.45) is 0 Å². The quantitative estimate of drug-likeness (QED) is 0.389. The Hall–Kier alpha value is -3.08. The average molecular weight is 283 g/mol. The summed E-state index contributed by atoms with van der Waals surface area (Å²) in [6, 6.07) is 13.1. The Bertz CT molecular complexity index is 707. The van der Waals surface area contributed by atoms with Crippen LogP contribution in [0.1, 0.15) is 15.9 Å². The zero-order valence-electron chi connectivity index (χ0n) is 11.0. The summed E-state index contributed by atoms with van der Waals surface area (Å²) in [4.78, 5) is 22.5. The molecular weight excluding hydrogens is 270 g/mol. The summed E-state index contributed by atoms with van der Waals surface area (Å²) in [7, 11) is 0. The zero-order valence-corrected chi connectivity index (χ0v) is 11.0.